The molecule has 0 saturated heterocycles. The first-order valence-corrected chi connectivity index (χ1v) is 6.87. The molecule has 0 aliphatic rings. The average molecular weight is 271 g/mol. The standard InChI is InChI=1S/C15H17N3S/c1-9-6-4-5-7-12(9)19-15-13(14(16)17)10(2)8-11(3)18-15/h4-8H,1-3H3,(H3,16,17). The van der Waals surface area contributed by atoms with Crippen molar-refractivity contribution in [1.29, 1.82) is 5.41 Å². The number of nitrogen functional groups attached to an aromatic ring is 1. The first kappa shape index (κ1) is 13.6. The van der Waals surface area contributed by atoms with Gasteiger partial charge < -0.3 is 5.73 Å². The van der Waals surface area contributed by atoms with E-state index < -0.39 is 0 Å². The van der Waals surface area contributed by atoms with E-state index in [1.807, 2.05) is 32.0 Å². The summed E-state index contributed by atoms with van der Waals surface area (Å²) in [5.41, 5.74) is 9.56. The van der Waals surface area contributed by atoms with Gasteiger partial charge in [0.05, 0.1) is 5.56 Å². The van der Waals surface area contributed by atoms with Crippen LogP contribution in [0.5, 0.6) is 0 Å². The second-order valence-corrected chi connectivity index (χ2v) is 5.57. The Morgan fingerprint density at radius 2 is 1.84 bits per heavy atom. The Labute approximate surface area is 117 Å². The van der Waals surface area contributed by atoms with E-state index in [1.54, 1.807) is 11.8 Å². The van der Waals surface area contributed by atoms with Crippen molar-refractivity contribution in [2.24, 2.45) is 5.73 Å². The molecule has 0 aliphatic carbocycles. The summed E-state index contributed by atoms with van der Waals surface area (Å²) in [6, 6.07) is 10.1. The highest BCUT2D eigenvalue weighted by atomic mass is 32.2. The average Bonchev–Trinajstić information content (AvgIpc) is 2.30. The number of nitrogens with one attached hydrogen (secondary N) is 1. The van der Waals surface area contributed by atoms with Gasteiger partial charge in [-0.15, -0.1) is 0 Å². The summed E-state index contributed by atoms with van der Waals surface area (Å²) in [4.78, 5) is 5.67. The van der Waals surface area contributed by atoms with Crippen molar-refractivity contribution in [3.63, 3.8) is 0 Å². The maximum absolute atomic E-state index is 7.73. The van der Waals surface area contributed by atoms with Crippen molar-refractivity contribution < 1.29 is 0 Å². The Hall–Kier alpha value is -1.81. The van der Waals surface area contributed by atoms with Crippen LogP contribution in [0.2, 0.25) is 0 Å². The Bertz CT molecular complexity index is 635. The molecule has 0 atom stereocenters. The van der Waals surface area contributed by atoms with Gasteiger partial charge in [-0.1, -0.05) is 30.0 Å². The molecule has 0 aliphatic heterocycles. The van der Waals surface area contributed by atoms with Crippen LogP contribution in [0.15, 0.2) is 40.3 Å². The molecule has 2 rings (SSSR count). The summed E-state index contributed by atoms with van der Waals surface area (Å²) >= 11 is 1.57. The monoisotopic (exact) mass is 271 g/mol. The molecule has 0 fully saturated rings. The van der Waals surface area contributed by atoms with Crippen molar-refractivity contribution >= 4 is 17.6 Å². The molecule has 1 aromatic heterocycles. The maximum atomic E-state index is 7.73. The Kier molecular flexibility index (Phi) is 3.90. The molecule has 2 aromatic rings. The zero-order chi connectivity index (χ0) is 14.0. The Morgan fingerprint density at radius 1 is 1.16 bits per heavy atom. The largest absolute Gasteiger partial charge is 0.384 e. The van der Waals surface area contributed by atoms with Crippen LogP contribution >= 0.6 is 11.8 Å². The summed E-state index contributed by atoms with van der Waals surface area (Å²) in [6.07, 6.45) is 0. The maximum Gasteiger partial charge on any atom is 0.125 e. The zero-order valence-corrected chi connectivity index (χ0v) is 12.1. The number of rotatable bonds is 3. The number of amidine groups is 1. The van der Waals surface area contributed by atoms with E-state index in [2.05, 4.69) is 24.0 Å². The van der Waals surface area contributed by atoms with E-state index >= 15 is 0 Å². The molecule has 0 radical (unpaired) electrons. The summed E-state index contributed by atoms with van der Waals surface area (Å²) in [5.74, 6) is 0.0704. The third-order valence-corrected chi connectivity index (χ3v) is 4.05. The van der Waals surface area contributed by atoms with E-state index in [-0.39, 0.29) is 5.84 Å². The third-order valence-electron chi connectivity index (χ3n) is 2.88. The molecular formula is C15H17N3S. The summed E-state index contributed by atoms with van der Waals surface area (Å²) < 4.78 is 0. The number of benzene rings is 1. The van der Waals surface area contributed by atoms with Gasteiger partial charge in [-0.25, -0.2) is 4.98 Å². The van der Waals surface area contributed by atoms with Crippen LogP contribution in [0, 0.1) is 26.2 Å². The van der Waals surface area contributed by atoms with Gasteiger partial charge in [-0.3, -0.25) is 5.41 Å². The fourth-order valence-electron chi connectivity index (χ4n) is 1.98. The number of nitrogens with zero attached hydrogens (tertiary/aromatic N) is 1. The highest BCUT2D eigenvalue weighted by molar-refractivity contribution is 7.99. The van der Waals surface area contributed by atoms with E-state index in [0.717, 1.165) is 26.7 Å². The van der Waals surface area contributed by atoms with Gasteiger partial charge in [-0.2, -0.15) is 0 Å². The molecule has 0 amide bonds. The number of pyridine rings is 1. The first-order valence-electron chi connectivity index (χ1n) is 6.05. The van der Waals surface area contributed by atoms with Crippen LogP contribution in [0.25, 0.3) is 0 Å². The molecule has 4 heteroatoms. The van der Waals surface area contributed by atoms with Crippen LogP contribution < -0.4 is 5.73 Å². The number of hydrogen-bond donors (Lipinski definition) is 2. The van der Waals surface area contributed by atoms with Gasteiger partial charge in [0, 0.05) is 10.6 Å². The Balaban J connectivity index is 2.51. The second-order valence-electron chi connectivity index (χ2n) is 4.54. The summed E-state index contributed by atoms with van der Waals surface area (Å²) in [7, 11) is 0. The van der Waals surface area contributed by atoms with Gasteiger partial charge in [0.1, 0.15) is 10.9 Å². The minimum absolute atomic E-state index is 0.0704. The second kappa shape index (κ2) is 5.45. The molecule has 98 valence electrons. The van der Waals surface area contributed by atoms with E-state index in [9.17, 15) is 0 Å². The lowest BCUT2D eigenvalue weighted by Gasteiger charge is -2.12. The zero-order valence-electron chi connectivity index (χ0n) is 11.3. The summed E-state index contributed by atoms with van der Waals surface area (Å²) in [6.45, 7) is 5.99. The number of aryl methyl sites for hydroxylation is 3. The molecule has 19 heavy (non-hydrogen) atoms. The third kappa shape index (κ3) is 2.96. The van der Waals surface area contributed by atoms with E-state index in [0.29, 0.717) is 0 Å². The quantitative estimate of drug-likeness (QED) is 0.664. The molecular weight excluding hydrogens is 254 g/mol. The van der Waals surface area contributed by atoms with E-state index in [4.69, 9.17) is 11.1 Å². The fourth-order valence-corrected chi connectivity index (χ4v) is 3.13. The molecule has 0 unspecified atom stereocenters. The van der Waals surface area contributed by atoms with Gasteiger partial charge in [0.25, 0.3) is 0 Å². The normalized spacial score (nSPS) is 10.5. The van der Waals surface area contributed by atoms with Crippen LogP contribution in [-0.2, 0) is 0 Å². The highest BCUT2D eigenvalue weighted by Crippen LogP contribution is 2.32. The molecule has 0 bridgehead atoms. The molecule has 0 spiro atoms. The first-order chi connectivity index (χ1) is 8.99. The fraction of sp³-hybridized carbons (Fsp3) is 0.200. The molecule has 3 nitrogen and oxygen atoms in total. The van der Waals surface area contributed by atoms with Gasteiger partial charge >= 0.3 is 0 Å². The van der Waals surface area contributed by atoms with E-state index in [1.165, 1.54) is 5.56 Å². The molecule has 1 heterocycles. The smallest absolute Gasteiger partial charge is 0.125 e. The number of hydrogen-bond acceptors (Lipinski definition) is 3. The number of nitrogens with two attached hydrogens (primary N) is 1. The van der Waals surface area contributed by atoms with Crippen molar-refractivity contribution in [3.05, 3.63) is 52.7 Å². The van der Waals surface area contributed by atoms with Gasteiger partial charge in [-0.05, 0) is 44.0 Å². The lowest BCUT2D eigenvalue weighted by molar-refractivity contribution is 1.03. The SMILES string of the molecule is Cc1cc(C)c(C(=N)N)c(Sc2ccccc2C)n1. The molecule has 0 saturated carbocycles. The minimum Gasteiger partial charge on any atom is -0.384 e. The van der Waals surface area contributed by atoms with Crippen molar-refractivity contribution in [3.8, 4) is 0 Å². The van der Waals surface area contributed by atoms with Crippen molar-refractivity contribution in [2.45, 2.75) is 30.7 Å². The Morgan fingerprint density at radius 3 is 2.47 bits per heavy atom. The van der Waals surface area contributed by atoms with Crippen LogP contribution in [0.3, 0.4) is 0 Å². The van der Waals surface area contributed by atoms with Crippen molar-refractivity contribution in [2.75, 3.05) is 0 Å². The van der Waals surface area contributed by atoms with Crippen LogP contribution in [0.4, 0.5) is 0 Å². The predicted octanol–water partition coefficient (Wildman–Crippen LogP) is 3.44. The van der Waals surface area contributed by atoms with Gasteiger partial charge in [0.2, 0.25) is 0 Å². The predicted molar refractivity (Wildman–Crippen MR) is 80.0 cm³/mol. The lowest BCUT2D eigenvalue weighted by Crippen LogP contribution is -2.15. The molecule has 1 aromatic carbocycles. The topological polar surface area (TPSA) is 62.8 Å². The number of aromatic nitrogens is 1. The lowest BCUT2D eigenvalue weighted by atomic mass is 10.1. The van der Waals surface area contributed by atoms with Crippen LogP contribution in [-0.4, -0.2) is 10.8 Å². The summed E-state index contributed by atoms with van der Waals surface area (Å²) in [5, 5.41) is 8.54. The minimum atomic E-state index is 0.0704. The molecule has 3 N–H and O–H groups in total. The van der Waals surface area contributed by atoms with Crippen LogP contribution in [0.1, 0.15) is 22.4 Å². The van der Waals surface area contributed by atoms with Gasteiger partial charge in [0.15, 0.2) is 0 Å². The highest BCUT2D eigenvalue weighted by Gasteiger charge is 2.13. The van der Waals surface area contributed by atoms with Crippen molar-refractivity contribution in [1.82, 2.24) is 4.98 Å².